The van der Waals surface area contributed by atoms with E-state index < -0.39 is 0 Å². The number of aliphatic hydroxyl groups is 1. The molecule has 1 aromatic rings. The summed E-state index contributed by atoms with van der Waals surface area (Å²) in [6.07, 6.45) is 2.33. The quantitative estimate of drug-likeness (QED) is 0.817. The largest absolute Gasteiger partial charge is 0.497 e. The second-order valence-electron chi connectivity index (χ2n) is 5.18. The highest BCUT2D eigenvalue weighted by atomic mass is 16.5. The highest BCUT2D eigenvalue weighted by molar-refractivity contribution is 5.27. The molecule has 3 nitrogen and oxygen atoms in total. The van der Waals surface area contributed by atoms with E-state index in [1.165, 1.54) is 5.56 Å². The average molecular weight is 235 g/mol. The molecular formula is C14H21NO2. The Balaban J connectivity index is 1.87. The molecule has 0 spiro atoms. The summed E-state index contributed by atoms with van der Waals surface area (Å²) >= 11 is 0. The van der Waals surface area contributed by atoms with Gasteiger partial charge in [-0.1, -0.05) is 12.1 Å². The standard InChI is InChI=1S/C14H21NO2/c1-15(10-14(11-16)7-8-14)9-12-3-5-13(17-2)6-4-12/h3-6,16H,7-11H2,1-2H3. The molecule has 1 fully saturated rings. The van der Waals surface area contributed by atoms with E-state index in [-0.39, 0.29) is 5.41 Å². The minimum absolute atomic E-state index is 0.196. The molecular weight excluding hydrogens is 214 g/mol. The van der Waals surface area contributed by atoms with Gasteiger partial charge in [0.15, 0.2) is 0 Å². The zero-order valence-electron chi connectivity index (χ0n) is 10.6. The van der Waals surface area contributed by atoms with Crippen molar-refractivity contribution in [2.24, 2.45) is 5.41 Å². The molecule has 17 heavy (non-hydrogen) atoms. The monoisotopic (exact) mass is 235 g/mol. The van der Waals surface area contributed by atoms with Crippen LogP contribution in [0.15, 0.2) is 24.3 Å². The minimum atomic E-state index is 0.196. The van der Waals surface area contributed by atoms with Crippen LogP contribution in [-0.2, 0) is 6.54 Å². The van der Waals surface area contributed by atoms with E-state index >= 15 is 0 Å². The molecule has 0 aromatic heterocycles. The zero-order valence-corrected chi connectivity index (χ0v) is 10.6. The van der Waals surface area contributed by atoms with Gasteiger partial charge in [-0.05, 0) is 37.6 Å². The van der Waals surface area contributed by atoms with Crippen LogP contribution in [-0.4, -0.2) is 37.3 Å². The molecule has 0 bridgehead atoms. The first kappa shape index (κ1) is 12.4. The molecule has 0 aliphatic heterocycles. The molecule has 0 saturated heterocycles. The fraction of sp³-hybridized carbons (Fsp3) is 0.571. The van der Waals surface area contributed by atoms with Crippen LogP contribution in [0.5, 0.6) is 5.75 Å². The molecule has 3 heteroatoms. The van der Waals surface area contributed by atoms with Gasteiger partial charge in [0, 0.05) is 25.1 Å². The van der Waals surface area contributed by atoms with Crippen molar-refractivity contribution in [1.82, 2.24) is 4.90 Å². The van der Waals surface area contributed by atoms with Crippen molar-refractivity contribution in [2.45, 2.75) is 19.4 Å². The van der Waals surface area contributed by atoms with Crippen molar-refractivity contribution in [3.05, 3.63) is 29.8 Å². The highest BCUT2D eigenvalue weighted by Crippen LogP contribution is 2.45. The van der Waals surface area contributed by atoms with Crippen LogP contribution < -0.4 is 4.74 Å². The SMILES string of the molecule is COc1ccc(CN(C)CC2(CO)CC2)cc1. The Morgan fingerprint density at radius 3 is 2.41 bits per heavy atom. The second kappa shape index (κ2) is 5.07. The van der Waals surface area contributed by atoms with E-state index in [1.54, 1.807) is 7.11 Å². The maximum absolute atomic E-state index is 9.30. The van der Waals surface area contributed by atoms with E-state index in [4.69, 9.17) is 4.74 Å². The molecule has 1 aliphatic carbocycles. The first-order valence-electron chi connectivity index (χ1n) is 6.10. The lowest BCUT2D eigenvalue weighted by molar-refractivity contribution is 0.161. The van der Waals surface area contributed by atoms with Gasteiger partial charge in [0.2, 0.25) is 0 Å². The Morgan fingerprint density at radius 1 is 1.29 bits per heavy atom. The molecule has 94 valence electrons. The fourth-order valence-corrected chi connectivity index (χ4v) is 2.21. The predicted octanol–water partition coefficient (Wildman–Crippen LogP) is 1.90. The molecule has 0 heterocycles. The predicted molar refractivity (Wildman–Crippen MR) is 68.1 cm³/mol. The van der Waals surface area contributed by atoms with Crippen molar-refractivity contribution < 1.29 is 9.84 Å². The van der Waals surface area contributed by atoms with E-state index in [1.807, 2.05) is 12.1 Å². The van der Waals surface area contributed by atoms with Gasteiger partial charge >= 0.3 is 0 Å². The third-order valence-corrected chi connectivity index (χ3v) is 3.51. The smallest absolute Gasteiger partial charge is 0.118 e. The van der Waals surface area contributed by atoms with Crippen LogP contribution in [0.4, 0.5) is 0 Å². The summed E-state index contributed by atoms with van der Waals surface area (Å²) < 4.78 is 5.14. The third-order valence-electron chi connectivity index (χ3n) is 3.51. The maximum Gasteiger partial charge on any atom is 0.118 e. The van der Waals surface area contributed by atoms with Gasteiger partial charge in [0.05, 0.1) is 7.11 Å². The lowest BCUT2D eigenvalue weighted by Crippen LogP contribution is -2.28. The van der Waals surface area contributed by atoms with Gasteiger partial charge in [-0.25, -0.2) is 0 Å². The average Bonchev–Trinajstić information content (AvgIpc) is 3.10. The Kier molecular flexibility index (Phi) is 3.69. The normalized spacial score (nSPS) is 17.2. The molecule has 1 N–H and O–H groups in total. The number of nitrogens with zero attached hydrogens (tertiary/aromatic N) is 1. The first-order valence-corrected chi connectivity index (χ1v) is 6.10. The molecule has 2 rings (SSSR count). The summed E-state index contributed by atoms with van der Waals surface area (Å²) in [4.78, 5) is 2.28. The number of rotatable bonds is 6. The highest BCUT2D eigenvalue weighted by Gasteiger charge is 2.42. The van der Waals surface area contributed by atoms with Crippen LogP contribution in [0.1, 0.15) is 18.4 Å². The van der Waals surface area contributed by atoms with Gasteiger partial charge in [-0.2, -0.15) is 0 Å². The van der Waals surface area contributed by atoms with Gasteiger partial charge in [0.25, 0.3) is 0 Å². The molecule has 1 aliphatic rings. The molecule has 1 aromatic carbocycles. The van der Waals surface area contributed by atoms with Crippen molar-refractivity contribution in [1.29, 1.82) is 0 Å². The van der Waals surface area contributed by atoms with Crippen LogP contribution in [0.2, 0.25) is 0 Å². The number of methoxy groups -OCH3 is 1. The molecule has 1 saturated carbocycles. The van der Waals surface area contributed by atoms with Crippen molar-refractivity contribution in [3.63, 3.8) is 0 Å². The number of benzene rings is 1. The summed E-state index contributed by atoms with van der Waals surface area (Å²) in [5, 5.41) is 9.30. The number of hydrogen-bond donors (Lipinski definition) is 1. The molecule has 0 unspecified atom stereocenters. The fourth-order valence-electron chi connectivity index (χ4n) is 2.21. The van der Waals surface area contributed by atoms with Gasteiger partial charge in [-0.15, -0.1) is 0 Å². The lowest BCUT2D eigenvalue weighted by atomic mass is 10.1. The summed E-state index contributed by atoms with van der Waals surface area (Å²) in [5.74, 6) is 0.894. The Bertz CT molecular complexity index is 357. The lowest BCUT2D eigenvalue weighted by Gasteiger charge is -2.22. The molecule has 0 amide bonds. The van der Waals surface area contributed by atoms with E-state index in [0.717, 1.165) is 31.7 Å². The summed E-state index contributed by atoms with van der Waals surface area (Å²) in [5.41, 5.74) is 1.48. The summed E-state index contributed by atoms with van der Waals surface area (Å²) in [6.45, 7) is 2.22. The number of ether oxygens (including phenoxy) is 1. The Hall–Kier alpha value is -1.06. The van der Waals surface area contributed by atoms with Crippen LogP contribution in [0, 0.1) is 5.41 Å². The van der Waals surface area contributed by atoms with Gasteiger partial charge in [0.1, 0.15) is 5.75 Å². The third kappa shape index (κ3) is 3.20. The van der Waals surface area contributed by atoms with Crippen molar-refractivity contribution in [2.75, 3.05) is 27.3 Å². The van der Waals surface area contributed by atoms with Crippen molar-refractivity contribution in [3.8, 4) is 5.75 Å². The summed E-state index contributed by atoms with van der Waals surface area (Å²) in [7, 11) is 3.79. The van der Waals surface area contributed by atoms with Crippen LogP contribution >= 0.6 is 0 Å². The zero-order chi connectivity index (χ0) is 12.3. The van der Waals surface area contributed by atoms with Gasteiger partial charge < -0.3 is 14.7 Å². The number of aliphatic hydroxyl groups excluding tert-OH is 1. The summed E-state index contributed by atoms with van der Waals surface area (Å²) in [6, 6.07) is 8.16. The number of hydrogen-bond acceptors (Lipinski definition) is 3. The van der Waals surface area contributed by atoms with Crippen LogP contribution in [0.3, 0.4) is 0 Å². The molecule has 0 radical (unpaired) electrons. The minimum Gasteiger partial charge on any atom is -0.497 e. The maximum atomic E-state index is 9.30. The first-order chi connectivity index (χ1) is 8.17. The van der Waals surface area contributed by atoms with E-state index in [0.29, 0.717) is 6.61 Å². The second-order valence-corrected chi connectivity index (χ2v) is 5.18. The van der Waals surface area contributed by atoms with Gasteiger partial charge in [-0.3, -0.25) is 0 Å². The van der Waals surface area contributed by atoms with E-state index in [9.17, 15) is 5.11 Å². The Labute approximate surface area is 103 Å². The van der Waals surface area contributed by atoms with Crippen molar-refractivity contribution >= 4 is 0 Å². The topological polar surface area (TPSA) is 32.7 Å². The van der Waals surface area contributed by atoms with E-state index in [2.05, 4.69) is 24.1 Å². The van der Waals surface area contributed by atoms with Crippen LogP contribution in [0.25, 0.3) is 0 Å². The molecule has 0 atom stereocenters. The Morgan fingerprint density at radius 2 is 1.94 bits per heavy atom.